The quantitative estimate of drug-likeness (QED) is 0.0339. The van der Waals surface area contributed by atoms with Gasteiger partial charge in [0.05, 0.1) is 34.4 Å². The van der Waals surface area contributed by atoms with Crippen LogP contribution in [0.1, 0.15) is 155 Å². The highest BCUT2D eigenvalue weighted by molar-refractivity contribution is 5.72. The molecule has 1 N–H and O–H groups in total. The minimum Gasteiger partial charge on any atom is -0.477 e. The zero-order chi connectivity index (χ0) is 33.6. The van der Waals surface area contributed by atoms with Gasteiger partial charge in [-0.2, -0.15) is 0 Å². The molecule has 0 heterocycles. The number of quaternary nitrogens is 1. The highest BCUT2D eigenvalue weighted by atomic mass is 16.6. The third-order valence-electron chi connectivity index (χ3n) is 8.16. The Hall–Kier alpha value is -1.93. The lowest BCUT2D eigenvalue weighted by Gasteiger charge is -2.31. The van der Waals surface area contributed by atoms with Gasteiger partial charge in [0, 0.05) is 19.3 Å². The van der Waals surface area contributed by atoms with Crippen LogP contribution in [0, 0.1) is 0 Å². The second kappa shape index (κ2) is 29.5. The molecule has 0 aromatic carbocycles. The van der Waals surface area contributed by atoms with Crippen LogP contribution < -0.4 is 0 Å². The first-order valence-corrected chi connectivity index (χ1v) is 18.2. The van der Waals surface area contributed by atoms with E-state index in [9.17, 15) is 19.5 Å². The first-order valence-electron chi connectivity index (χ1n) is 18.2. The number of carbonyl (C=O) groups is 3. The number of carboxylic acids is 1. The number of nitrogens with zero attached hydrogens (tertiary/aromatic N) is 1. The SMILES string of the molecule is CCCCCCCC/C=C/CCCCCC(=O)OC(COCCC(C(=O)O)[N+](C)(C)C)COC(=O)CCCCCCCCCC. The van der Waals surface area contributed by atoms with Gasteiger partial charge in [-0.05, 0) is 38.5 Å². The zero-order valence-corrected chi connectivity index (χ0v) is 29.8. The molecule has 0 bridgehead atoms. The summed E-state index contributed by atoms with van der Waals surface area (Å²) < 4.78 is 17.1. The Bertz CT molecular complexity index is 762. The highest BCUT2D eigenvalue weighted by Gasteiger charge is 2.31. The number of hydrogen-bond acceptors (Lipinski definition) is 6. The molecule has 0 aromatic heterocycles. The summed E-state index contributed by atoms with van der Waals surface area (Å²) in [6.45, 7) is 4.67. The van der Waals surface area contributed by atoms with Gasteiger partial charge in [0.2, 0.25) is 0 Å². The van der Waals surface area contributed by atoms with E-state index in [1.807, 2.05) is 21.1 Å². The van der Waals surface area contributed by atoms with Gasteiger partial charge in [0.15, 0.2) is 12.1 Å². The fourth-order valence-electron chi connectivity index (χ4n) is 5.26. The summed E-state index contributed by atoms with van der Waals surface area (Å²) in [6, 6.07) is -0.610. The number of ether oxygens (including phenoxy) is 3. The van der Waals surface area contributed by atoms with Gasteiger partial charge in [-0.25, -0.2) is 4.79 Å². The van der Waals surface area contributed by atoms with Crippen molar-refractivity contribution in [3.05, 3.63) is 12.2 Å². The predicted octanol–water partition coefficient (Wildman–Crippen LogP) is 8.80. The van der Waals surface area contributed by atoms with E-state index >= 15 is 0 Å². The largest absolute Gasteiger partial charge is 0.477 e. The van der Waals surface area contributed by atoms with E-state index in [0.29, 0.717) is 19.3 Å². The monoisotopic (exact) mass is 641 g/mol. The van der Waals surface area contributed by atoms with Crippen LogP contribution in [0.2, 0.25) is 0 Å². The Balaban J connectivity index is 4.46. The van der Waals surface area contributed by atoms with Crippen molar-refractivity contribution in [2.75, 3.05) is 41.0 Å². The summed E-state index contributed by atoms with van der Waals surface area (Å²) >= 11 is 0. The average Bonchev–Trinajstić information content (AvgIpc) is 2.98. The van der Waals surface area contributed by atoms with E-state index in [1.54, 1.807) is 0 Å². The first-order chi connectivity index (χ1) is 21.6. The Labute approximate surface area is 276 Å². The summed E-state index contributed by atoms with van der Waals surface area (Å²) in [6.07, 6.45) is 26.9. The van der Waals surface area contributed by atoms with Crippen LogP contribution >= 0.6 is 0 Å². The summed E-state index contributed by atoms with van der Waals surface area (Å²) in [5, 5.41) is 9.55. The third-order valence-corrected chi connectivity index (χ3v) is 8.16. The van der Waals surface area contributed by atoms with Crippen LogP contribution in [-0.4, -0.2) is 80.6 Å². The molecule has 0 saturated carbocycles. The Morgan fingerprint density at radius 2 is 1.11 bits per heavy atom. The van der Waals surface area contributed by atoms with Gasteiger partial charge >= 0.3 is 17.9 Å². The number of allylic oxidation sites excluding steroid dienone is 2. The minimum absolute atomic E-state index is 0.0529. The standard InChI is InChI=1S/C37H69NO7/c1-6-8-10-12-14-16-17-18-19-20-22-24-26-28-36(40)45-33(31-43-30-29-34(37(41)42)38(3,4)5)32-44-35(39)27-25-23-21-15-13-11-9-7-2/h18-19,33-34H,6-17,20-32H2,1-5H3/p+1/b19-18+. The molecular weight excluding hydrogens is 570 g/mol. The predicted molar refractivity (Wildman–Crippen MR) is 183 cm³/mol. The van der Waals surface area contributed by atoms with Crippen LogP contribution in [-0.2, 0) is 28.6 Å². The van der Waals surface area contributed by atoms with E-state index in [0.717, 1.165) is 51.4 Å². The molecule has 8 heteroatoms. The lowest BCUT2D eigenvalue weighted by atomic mass is 10.1. The fraction of sp³-hybridized carbons (Fsp3) is 0.865. The number of carbonyl (C=O) groups excluding carboxylic acids is 2. The lowest BCUT2D eigenvalue weighted by Crippen LogP contribution is -2.50. The zero-order valence-electron chi connectivity index (χ0n) is 29.8. The van der Waals surface area contributed by atoms with Crippen molar-refractivity contribution in [2.45, 2.75) is 167 Å². The maximum atomic E-state index is 12.6. The maximum Gasteiger partial charge on any atom is 0.362 e. The van der Waals surface area contributed by atoms with Gasteiger partial charge in [-0.3, -0.25) is 9.59 Å². The Kier molecular flexibility index (Phi) is 28.2. The fourth-order valence-corrected chi connectivity index (χ4v) is 5.26. The van der Waals surface area contributed by atoms with Crippen LogP contribution in [0.15, 0.2) is 12.2 Å². The molecular formula is C37H70NO7+. The number of hydrogen-bond donors (Lipinski definition) is 1. The van der Waals surface area contributed by atoms with E-state index in [1.165, 1.54) is 70.6 Å². The molecule has 2 atom stereocenters. The molecule has 0 rings (SSSR count). The normalized spacial score (nSPS) is 13.2. The topological polar surface area (TPSA) is 99.1 Å². The molecule has 0 fully saturated rings. The van der Waals surface area contributed by atoms with Crippen molar-refractivity contribution in [2.24, 2.45) is 0 Å². The molecule has 0 saturated heterocycles. The van der Waals surface area contributed by atoms with Crippen LogP contribution in [0.5, 0.6) is 0 Å². The molecule has 2 unspecified atom stereocenters. The Morgan fingerprint density at radius 1 is 0.644 bits per heavy atom. The maximum absolute atomic E-state index is 12.6. The number of likely N-dealkylation sites (N-methyl/N-ethyl adjacent to an activating group) is 1. The molecule has 0 aliphatic heterocycles. The van der Waals surface area contributed by atoms with Gasteiger partial charge < -0.3 is 23.8 Å². The number of aliphatic carboxylic acids is 1. The molecule has 0 aromatic rings. The summed E-state index contributed by atoms with van der Waals surface area (Å²) in [5.74, 6) is -1.49. The van der Waals surface area contributed by atoms with Crippen molar-refractivity contribution in [3.8, 4) is 0 Å². The molecule has 0 amide bonds. The van der Waals surface area contributed by atoms with Crippen molar-refractivity contribution in [1.82, 2.24) is 0 Å². The summed E-state index contributed by atoms with van der Waals surface area (Å²) in [7, 11) is 5.51. The Morgan fingerprint density at radius 3 is 1.62 bits per heavy atom. The van der Waals surface area contributed by atoms with Gasteiger partial charge in [-0.15, -0.1) is 0 Å². The van der Waals surface area contributed by atoms with Crippen LogP contribution in [0.4, 0.5) is 0 Å². The van der Waals surface area contributed by atoms with Gasteiger partial charge in [0.1, 0.15) is 6.61 Å². The van der Waals surface area contributed by atoms with Crippen molar-refractivity contribution >= 4 is 17.9 Å². The first kappa shape index (κ1) is 43.1. The van der Waals surface area contributed by atoms with Gasteiger partial charge in [-0.1, -0.05) is 109 Å². The minimum atomic E-state index is -0.878. The van der Waals surface area contributed by atoms with Crippen molar-refractivity contribution in [1.29, 1.82) is 0 Å². The molecule has 0 spiro atoms. The molecule has 264 valence electrons. The molecule has 0 aliphatic carbocycles. The highest BCUT2D eigenvalue weighted by Crippen LogP contribution is 2.13. The second-order valence-electron chi connectivity index (χ2n) is 13.5. The molecule has 45 heavy (non-hydrogen) atoms. The van der Waals surface area contributed by atoms with Crippen molar-refractivity contribution in [3.63, 3.8) is 0 Å². The molecule has 0 aliphatic rings. The molecule has 0 radical (unpaired) electrons. The summed E-state index contributed by atoms with van der Waals surface area (Å²) in [5.41, 5.74) is 0. The van der Waals surface area contributed by atoms with Gasteiger partial charge in [0.25, 0.3) is 0 Å². The van der Waals surface area contributed by atoms with Crippen LogP contribution in [0.3, 0.4) is 0 Å². The second-order valence-corrected chi connectivity index (χ2v) is 13.5. The number of rotatable bonds is 32. The van der Waals surface area contributed by atoms with Crippen LogP contribution in [0.25, 0.3) is 0 Å². The lowest BCUT2D eigenvalue weighted by molar-refractivity contribution is -0.887. The van der Waals surface area contributed by atoms with E-state index in [-0.39, 0.29) is 36.2 Å². The van der Waals surface area contributed by atoms with E-state index < -0.39 is 18.1 Å². The average molecular weight is 641 g/mol. The van der Waals surface area contributed by atoms with Crippen molar-refractivity contribution < 1.29 is 38.2 Å². The number of esters is 2. The molecule has 8 nitrogen and oxygen atoms in total. The third kappa shape index (κ3) is 28.1. The smallest absolute Gasteiger partial charge is 0.362 e. The van der Waals surface area contributed by atoms with E-state index in [2.05, 4.69) is 26.0 Å². The van der Waals surface area contributed by atoms with E-state index in [4.69, 9.17) is 14.2 Å². The summed E-state index contributed by atoms with van der Waals surface area (Å²) in [4.78, 5) is 36.6. The number of carboxylic acid groups (broad SMARTS) is 1. The number of unbranched alkanes of at least 4 members (excludes halogenated alkanes) is 16.